The van der Waals surface area contributed by atoms with Crippen molar-refractivity contribution in [2.75, 3.05) is 13.1 Å². The van der Waals surface area contributed by atoms with Crippen LogP contribution in [0.25, 0.3) is 0 Å². The fourth-order valence-corrected chi connectivity index (χ4v) is 3.77. The van der Waals surface area contributed by atoms with E-state index in [9.17, 15) is 14.7 Å². The van der Waals surface area contributed by atoms with Gasteiger partial charge in [-0.05, 0) is 30.5 Å². The molecule has 0 aliphatic carbocycles. The van der Waals surface area contributed by atoms with Gasteiger partial charge in [0.25, 0.3) is 5.91 Å². The number of amides is 2. The quantitative estimate of drug-likeness (QED) is 0.338. The molecule has 0 saturated carbocycles. The first-order valence-corrected chi connectivity index (χ1v) is 9.31. The Bertz CT molecular complexity index is 611. The Morgan fingerprint density at radius 1 is 1.24 bits per heavy atom. The monoisotopic (exact) mass is 412 g/mol. The fraction of sp³-hybridized carbons (Fsp3) is 0.529. The number of hydrogen-bond acceptors (Lipinski definition) is 5. The second-order valence-corrected chi connectivity index (χ2v) is 7.49. The number of hydrazine groups is 1. The molecule has 1 aliphatic heterocycles. The number of phenolic OH excluding ortho intramolecular Hbond substituents is 1. The van der Waals surface area contributed by atoms with Crippen LogP contribution in [0, 0.1) is 5.92 Å². The second kappa shape index (κ2) is 9.17. The van der Waals surface area contributed by atoms with Crippen LogP contribution in [-0.2, 0) is 4.79 Å². The highest BCUT2D eigenvalue weighted by Gasteiger charge is 2.39. The van der Waals surface area contributed by atoms with Crippen molar-refractivity contribution in [1.29, 1.82) is 0 Å². The molecule has 7 nitrogen and oxygen atoms in total. The number of benzene rings is 1. The number of carbonyl (C=O) groups excluding carboxylic acids is 2. The molecular formula is C17H25BrN4O3. The van der Waals surface area contributed by atoms with Crippen molar-refractivity contribution in [3.63, 3.8) is 0 Å². The molecule has 1 fully saturated rings. The van der Waals surface area contributed by atoms with Gasteiger partial charge in [-0.1, -0.05) is 35.8 Å². The summed E-state index contributed by atoms with van der Waals surface area (Å²) in [5.74, 6) is 0.143. The average molecular weight is 413 g/mol. The average Bonchev–Trinajstić information content (AvgIpc) is 2.96. The second-order valence-electron chi connectivity index (χ2n) is 6.43. The third-order valence-electron chi connectivity index (χ3n) is 4.11. The molecule has 0 radical (unpaired) electrons. The number of rotatable bonds is 7. The Morgan fingerprint density at radius 3 is 2.60 bits per heavy atom. The van der Waals surface area contributed by atoms with E-state index >= 15 is 0 Å². The zero-order valence-electron chi connectivity index (χ0n) is 14.4. The fourth-order valence-electron chi connectivity index (χ4n) is 2.66. The summed E-state index contributed by atoms with van der Waals surface area (Å²) < 4.78 is 0. The van der Waals surface area contributed by atoms with Crippen LogP contribution in [0.3, 0.4) is 0 Å². The van der Waals surface area contributed by atoms with Crippen LogP contribution in [0.5, 0.6) is 5.75 Å². The number of hydrogen-bond donors (Lipinski definition) is 5. The number of carbonyl (C=O) groups is 2. The predicted octanol–water partition coefficient (Wildman–Crippen LogP) is 0.893. The smallest absolute Gasteiger partial charge is 0.251 e. The van der Waals surface area contributed by atoms with Gasteiger partial charge in [0, 0.05) is 24.7 Å². The molecule has 1 aromatic rings. The first-order valence-electron chi connectivity index (χ1n) is 8.40. The van der Waals surface area contributed by atoms with E-state index in [1.807, 2.05) is 0 Å². The van der Waals surface area contributed by atoms with Gasteiger partial charge in [0.2, 0.25) is 5.91 Å². The Labute approximate surface area is 156 Å². The van der Waals surface area contributed by atoms with Gasteiger partial charge in [-0.2, -0.15) is 0 Å². The van der Waals surface area contributed by atoms with Crippen molar-refractivity contribution in [2.45, 2.75) is 37.2 Å². The van der Waals surface area contributed by atoms with E-state index in [0.717, 1.165) is 0 Å². The number of phenols is 1. The Kier molecular flexibility index (Phi) is 7.22. The van der Waals surface area contributed by atoms with E-state index in [4.69, 9.17) is 0 Å². The van der Waals surface area contributed by atoms with Crippen LogP contribution in [0.4, 0.5) is 0 Å². The SMILES string of the molecule is CC(C)C1NNC(C(=O)NCCCNC(=O)c2cccc(O)c2)C1Br. The molecular weight excluding hydrogens is 388 g/mol. The van der Waals surface area contributed by atoms with Gasteiger partial charge in [0.1, 0.15) is 11.8 Å². The van der Waals surface area contributed by atoms with Gasteiger partial charge in [0.05, 0.1) is 4.83 Å². The van der Waals surface area contributed by atoms with Crippen LogP contribution >= 0.6 is 15.9 Å². The molecule has 2 amide bonds. The third kappa shape index (κ3) is 5.42. The normalized spacial score (nSPS) is 22.8. The number of alkyl halides is 1. The minimum Gasteiger partial charge on any atom is -0.508 e. The van der Waals surface area contributed by atoms with E-state index in [-0.39, 0.29) is 34.5 Å². The van der Waals surface area contributed by atoms with Crippen LogP contribution in [-0.4, -0.2) is 46.9 Å². The summed E-state index contributed by atoms with van der Waals surface area (Å²) in [5.41, 5.74) is 6.57. The van der Waals surface area contributed by atoms with Crippen LogP contribution in [0.2, 0.25) is 0 Å². The highest BCUT2D eigenvalue weighted by molar-refractivity contribution is 9.09. The molecule has 5 N–H and O–H groups in total. The number of nitrogens with one attached hydrogen (secondary N) is 4. The first kappa shape index (κ1) is 19.7. The maximum atomic E-state index is 12.2. The van der Waals surface area contributed by atoms with Crippen molar-refractivity contribution < 1.29 is 14.7 Å². The highest BCUT2D eigenvalue weighted by Crippen LogP contribution is 2.21. The lowest BCUT2D eigenvalue weighted by molar-refractivity contribution is -0.122. The Morgan fingerprint density at radius 2 is 1.96 bits per heavy atom. The van der Waals surface area contributed by atoms with Gasteiger partial charge in [-0.15, -0.1) is 0 Å². The lowest BCUT2D eigenvalue weighted by atomic mass is 9.99. The molecule has 2 rings (SSSR count). The molecule has 1 aliphatic rings. The minimum absolute atomic E-state index is 0.0259. The van der Waals surface area contributed by atoms with Crippen molar-refractivity contribution in [1.82, 2.24) is 21.5 Å². The van der Waals surface area contributed by atoms with Crippen LogP contribution < -0.4 is 21.5 Å². The standard InChI is InChI=1S/C17H25BrN4O3/c1-10(2)14-13(18)15(22-21-14)17(25)20-8-4-7-19-16(24)11-5-3-6-12(23)9-11/h3,5-6,9-10,13-15,21-23H,4,7-8H2,1-2H3,(H,19,24)(H,20,25). The molecule has 1 saturated heterocycles. The summed E-state index contributed by atoms with van der Waals surface area (Å²) >= 11 is 3.58. The van der Waals surface area contributed by atoms with Gasteiger partial charge >= 0.3 is 0 Å². The van der Waals surface area contributed by atoms with Crippen molar-refractivity contribution in [3.05, 3.63) is 29.8 Å². The lowest BCUT2D eigenvalue weighted by Crippen LogP contribution is -2.46. The molecule has 3 unspecified atom stereocenters. The lowest BCUT2D eigenvalue weighted by Gasteiger charge is -2.19. The molecule has 25 heavy (non-hydrogen) atoms. The molecule has 1 aromatic carbocycles. The van der Waals surface area contributed by atoms with E-state index in [1.54, 1.807) is 12.1 Å². The molecule has 0 aromatic heterocycles. The summed E-state index contributed by atoms with van der Waals surface area (Å²) in [7, 11) is 0. The zero-order valence-corrected chi connectivity index (χ0v) is 16.0. The minimum atomic E-state index is -0.325. The van der Waals surface area contributed by atoms with Gasteiger partial charge in [-0.25, -0.2) is 5.43 Å². The van der Waals surface area contributed by atoms with Crippen LogP contribution in [0.15, 0.2) is 24.3 Å². The van der Waals surface area contributed by atoms with E-state index in [1.165, 1.54) is 12.1 Å². The molecule has 8 heteroatoms. The molecule has 1 heterocycles. The maximum absolute atomic E-state index is 12.2. The van der Waals surface area contributed by atoms with Crippen molar-refractivity contribution in [2.24, 2.45) is 5.92 Å². The van der Waals surface area contributed by atoms with Crippen LogP contribution in [0.1, 0.15) is 30.6 Å². The highest BCUT2D eigenvalue weighted by atomic mass is 79.9. The van der Waals surface area contributed by atoms with E-state index in [0.29, 0.717) is 31.0 Å². The zero-order chi connectivity index (χ0) is 18.4. The number of aromatic hydroxyl groups is 1. The summed E-state index contributed by atoms with van der Waals surface area (Å²) in [5, 5.41) is 15.0. The molecule has 138 valence electrons. The largest absolute Gasteiger partial charge is 0.508 e. The molecule has 0 spiro atoms. The van der Waals surface area contributed by atoms with Gasteiger partial charge in [0.15, 0.2) is 0 Å². The summed E-state index contributed by atoms with van der Waals surface area (Å²) in [6.07, 6.45) is 0.622. The van der Waals surface area contributed by atoms with Crippen molar-refractivity contribution >= 4 is 27.7 Å². The number of halogens is 1. The summed E-state index contributed by atoms with van der Waals surface area (Å²) in [6, 6.07) is 6.05. The summed E-state index contributed by atoms with van der Waals surface area (Å²) in [4.78, 5) is 24.2. The topological polar surface area (TPSA) is 102 Å². The Balaban J connectivity index is 1.66. The van der Waals surface area contributed by atoms with E-state index < -0.39 is 0 Å². The summed E-state index contributed by atoms with van der Waals surface area (Å²) in [6.45, 7) is 5.12. The maximum Gasteiger partial charge on any atom is 0.251 e. The molecule has 0 bridgehead atoms. The van der Waals surface area contributed by atoms with Crippen molar-refractivity contribution in [3.8, 4) is 5.75 Å². The van der Waals surface area contributed by atoms with Gasteiger partial charge < -0.3 is 15.7 Å². The predicted molar refractivity (Wildman–Crippen MR) is 99.5 cm³/mol. The third-order valence-corrected chi connectivity index (χ3v) is 5.21. The van der Waals surface area contributed by atoms with E-state index in [2.05, 4.69) is 51.3 Å². The first-order chi connectivity index (χ1) is 11.9. The Hall–Kier alpha value is -1.64. The molecule has 3 atom stereocenters. The van der Waals surface area contributed by atoms with Gasteiger partial charge in [-0.3, -0.25) is 15.0 Å².